The number of methoxy groups -OCH3 is 1. The number of likely N-dealkylation sites (N-methyl/N-ethyl adjacent to an activating group) is 1. The quantitative estimate of drug-likeness (QED) is 0.720. The molecule has 0 saturated carbocycles. The predicted molar refractivity (Wildman–Crippen MR) is 64.2 cm³/mol. The minimum absolute atomic E-state index is 0.192. The minimum Gasteiger partial charge on any atom is -0.468 e. The second-order valence-corrected chi connectivity index (χ2v) is 5.22. The Labute approximate surface area is 98.3 Å². The lowest BCUT2D eigenvalue weighted by atomic mass is 10.0. The molecule has 1 N–H and O–H groups in total. The summed E-state index contributed by atoms with van der Waals surface area (Å²) < 4.78 is 4.84. The van der Waals surface area contributed by atoms with Gasteiger partial charge < -0.3 is 15.0 Å². The number of carbonyl (C=O) groups excluding carboxylic acids is 1. The fourth-order valence-electron chi connectivity index (χ4n) is 2.30. The summed E-state index contributed by atoms with van der Waals surface area (Å²) in [6.45, 7) is 9.27. The number of nitrogens with zero attached hydrogens (tertiary/aromatic N) is 1. The Bertz CT molecular complexity index is 247. The van der Waals surface area contributed by atoms with Crippen molar-refractivity contribution < 1.29 is 9.53 Å². The predicted octanol–water partition coefficient (Wildman–Crippen LogP) is 0.725. The molecule has 0 spiro atoms. The molecule has 1 heterocycles. The molecule has 0 amide bonds. The number of likely N-dealkylation sites (tertiary alicyclic amines) is 1. The smallest absolute Gasteiger partial charge is 0.327 e. The van der Waals surface area contributed by atoms with Gasteiger partial charge in [-0.3, -0.25) is 4.79 Å². The highest BCUT2D eigenvalue weighted by Crippen LogP contribution is 2.23. The van der Waals surface area contributed by atoms with E-state index in [0.29, 0.717) is 18.4 Å². The Kier molecular flexibility index (Phi) is 4.33. The van der Waals surface area contributed by atoms with Crippen LogP contribution in [0.5, 0.6) is 0 Å². The Hall–Kier alpha value is -0.610. The molecule has 0 aliphatic carbocycles. The molecule has 0 aromatic rings. The Morgan fingerprint density at radius 2 is 1.94 bits per heavy atom. The number of carbonyl (C=O) groups is 1. The summed E-state index contributed by atoms with van der Waals surface area (Å²) in [4.78, 5) is 14.0. The highest BCUT2D eigenvalue weighted by atomic mass is 16.5. The number of esters is 1. The number of rotatable bonds is 4. The molecular weight excluding hydrogens is 204 g/mol. The van der Waals surface area contributed by atoms with Gasteiger partial charge in [0.15, 0.2) is 0 Å². The molecule has 3 atom stereocenters. The van der Waals surface area contributed by atoms with Crippen LogP contribution in [0.15, 0.2) is 0 Å². The number of ether oxygens (including phenoxy) is 1. The van der Waals surface area contributed by atoms with Gasteiger partial charge in [-0.05, 0) is 25.8 Å². The van der Waals surface area contributed by atoms with E-state index in [9.17, 15) is 4.79 Å². The van der Waals surface area contributed by atoms with Gasteiger partial charge in [0.2, 0.25) is 0 Å². The lowest BCUT2D eigenvalue weighted by molar-refractivity contribution is -0.148. The molecule has 0 aromatic carbocycles. The third-order valence-electron chi connectivity index (χ3n) is 3.79. The summed E-state index contributed by atoms with van der Waals surface area (Å²) in [7, 11) is 3.24. The summed E-state index contributed by atoms with van der Waals surface area (Å²) in [5.74, 6) is 1.22. The molecule has 1 rings (SSSR count). The van der Waals surface area contributed by atoms with E-state index in [4.69, 9.17) is 4.74 Å². The Balaban J connectivity index is 2.61. The Morgan fingerprint density at radius 1 is 1.44 bits per heavy atom. The van der Waals surface area contributed by atoms with Crippen molar-refractivity contribution in [3.63, 3.8) is 0 Å². The van der Waals surface area contributed by atoms with Gasteiger partial charge in [-0.15, -0.1) is 0 Å². The summed E-state index contributed by atoms with van der Waals surface area (Å²) in [5.41, 5.74) is -0.599. The maximum Gasteiger partial charge on any atom is 0.327 e. The van der Waals surface area contributed by atoms with Gasteiger partial charge in [0, 0.05) is 19.6 Å². The van der Waals surface area contributed by atoms with E-state index in [1.807, 2.05) is 6.92 Å². The van der Waals surface area contributed by atoms with Crippen molar-refractivity contribution in [1.82, 2.24) is 10.2 Å². The van der Waals surface area contributed by atoms with E-state index in [-0.39, 0.29) is 5.97 Å². The molecule has 4 heteroatoms. The fraction of sp³-hybridized carbons (Fsp3) is 0.917. The van der Waals surface area contributed by atoms with Crippen LogP contribution in [0.1, 0.15) is 20.8 Å². The first-order valence-corrected chi connectivity index (χ1v) is 5.92. The number of hydrogen-bond donors (Lipinski definition) is 1. The van der Waals surface area contributed by atoms with E-state index < -0.39 is 5.54 Å². The first kappa shape index (κ1) is 13.5. The van der Waals surface area contributed by atoms with Crippen LogP contribution in [0.2, 0.25) is 0 Å². The molecule has 1 saturated heterocycles. The molecule has 1 aliphatic rings. The molecule has 1 aliphatic heterocycles. The highest BCUT2D eigenvalue weighted by Gasteiger charge is 2.37. The van der Waals surface area contributed by atoms with E-state index in [2.05, 4.69) is 24.1 Å². The first-order chi connectivity index (χ1) is 7.42. The van der Waals surface area contributed by atoms with Crippen molar-refractivity contribution in [2.24, 2.45) is 11.8 Å². The van der Waals surface area contributed by atoms with Crippen LogP contribution in [-0.2, 0) is 9.53 Å². The molecule has 3 unspecified atom stereocenters. The summed E-state index contributed by atoms with van der Waals surface area (Å²) in [6.07, 6.45) is 0. The van der Waals surface area contributed by atoms with Crippen molar-refractivity contribution in [3.8, 4) is 0 Å². The van der Waals surface area contributed by atoms with Crippen LogP contribution in [-0.4, -0.2) is 50.2 Å². The molecule has 4 nitrogen and oxygen atoms in total. The minimum atomic E-state index is -0.599. The Morgan fingerprint density at radius 3 is 2.31 bits per heavy atom. The third kappa shape index (κ3) is 2.74. The van der Waals surface area contributed by atoms with Gasteiger partial charge in [0.05, 0.1) is 7.11 Å². The SMILES string of the molecule is CNC(C)(CN1CC(C)C(C)C1)C(=O)OC. The first-order valence-electron chi connectivity index (χ1n) is 5.92. The summed E-state index contributed by atoms with van der Waals surface area (Å²) >= 11 is 0. The maximum absolute atomic E-state index is 11.7. The highest BCUT2D eigenvalue weighted by molar-refractivity contribution is 5.80. The third-order valence-corrected chi connectivity index (χ3v) is 3.79. The second kappa shape index (κ2) is 5.15. The monoisotopic (exact) mass is 228 g/mol. The molecule has 0 aromatic heterocycles. The molecule has 1 fully saturated rings. The van der Waals surface area contributed by atoms with Gasteiger partial charge >= 0.3 is 5.97 Å². The average molecular weight is 228 g/mol. The topological polar surface area (TPSA) is 41.6 Å². The van der Waals surface area contributed by atoms with Crippen LogP contribution in [0, 0.1) is 11.8 Å². The second-order valence-electron chi connectivity index (χ2n) is 5.22. The standard InChI is InChI=1S/C12H24N2O2/c1-9-6-14(7-10(9)2)8-12(3,13-4)11(15)16-5/h9-10,13H,6-8H2,1-5H3. The van der Waals surface area contributed by atoms with Crippen molar-refractivity contribution in [3.05, 3.63) is 0 Å². The normalized spacial score (nSPS) is 30.1. The van der Waals surface area contributed by atoms with Crippen LogP contribution >= 0.6 is 0 Å². The lowest BCUT2D eigenvalue weighted by Crippen LogP contribution is -2.55. The molecule has 16 heavy (non-hydrogen) atoms. The number of hydrogen-bond acceptors (Lipinski definition) is 4. The number of nitrogens with one attached hydrogen (secondary N) is 1. The zero-order valence-electron chi connectivity index (χ0n) is 11.0. The van der Waals surface area contributed by atoms with Gasteiger partial charge in [-0.1, -0.05) is 13.8 Å². The van der Waals surface area contributed by atoms with Crippen LogP contribution < -0.4 is 5.32 Å². The van der Waals surface area contributed by atoms with E-state index in [1.54, 1.807) is 7.05 Å². The molecule has 94 valence electrons. The van der Waals surface area contributed by atoms with Crippen molar-refractivity contribution in [2.75, 3.05) is 33.8 Å². The summed E-state index contributed by atoms with van der Waals surface area (Å²) in [5, 5.41) is 3.07. The van der Waals surface area contributed by atoms with Crippen molar-refractivity contribution in [1.29, 1.82) is 0 Å². The molecule has 0 bridgehead atoms. The zero-order chi connectivity index (χ0) is 12.3. The van der Waals surface area contributed by atoms with Crippen molar-refractivity contribution >= 4 is 5.97 Å². The molecule has 0 radical (unpaired) electrons. The average Bonchev–Trinajstić information content (AvgIpc) is 2.56. The van der Waals surface area contributed by atoms with Crippen LogP contribution in [0.3, 0.4) is 0 Å². The van der Waals surface area contributed by atoms with Gasteiger partial charge in [0.1, 0.15) is 5.54 Å². The van der Waals surface area contributed by atoms with Crippen molar-refractivity contribution in [2.45, 2.75) is 26.3 Å². The molecular formula is C12H24N2O2. The fourth-order valence-corrected chi connectivity index (χ4v) is 2.30. The van der Waals surface area contributed by atoms with Crippen LogP contribution in [0.25, 0.3) is 0 Å². The summed E-state index contributed by atoms with van der Waals surface area (Å²) in [6, 6.07) is 0. The van der Waals surface area contributed by atoms with E-state index >= 15 is 0 Å². The van der Waals surface area contributed by atoms with Gasteiger partial charge in [0.25, 0.3) is 0 Å². The van der Waals surface area contributed by atoms with E-state index in [0.717, 1.165) is 13.1 Å². The van der Waals surface area contributed by atoms with Crippen LogP contribution in [0.4, 0.5) is 0 Å². The zero-order valence-corrected chi connectivity index (χ0v) is 11.0. The maximum atomic E-state index is 11.7. The van der Waals surface area contributed by atoms with Gasteiger partial charge in [-0.25, -0.2) is 0 Å². The van der Waals surface area contributed by atoms with Gasteiger partial charge in [-0.2, -0.15) is 0 Å². The lowest BCUT2D eigenvalue weighted by Gasteiger charge is -2.30. The van der Waals surface area contributed by atoms with E-state index in [1.165, 1.54) is 7.11 Å². The largest absolute Gasteiger partial charge is 0.468 e.